The first-order valence-corrected chi connectivity index (χ1v) is 3.23. The van der Waals surface area contributed by atoms with Crippen molar-refractivity contribution < 1.29 is 13.6 Å². The molecule has 0 unspecified atom stereocenters. The number of aromatic nitrogens is 2. The Bertz CT molecular complexity index is 301. The van der Waals surface area contributed by atoms with E-state index in [2.05, 4.69) is 9.97 Å². The molecule has 5 heteroatoms. The van der Waals surface area contributed by atoms with Gasteiger partial charge in [0.1, 0.15) is 0 Å². The molecule has 0 aliphatic carbocycles. The van der Waals surface area contributed by atoms with Crippen molar-refractivity contribution in [2.75, 3.05) is 0 Å². The predicted octanol–water partition coefficient (Wildman–Crippen LogP) is 1.23. The quantitative estimate of drug-likeness (QED) is 0.630. The highest BCUT2D eigenvalue weighted by molar-refractivity contribution is 5.94. The van der Waals surface area contributed by atoms with E-state index in [1.807, 2.05) is 0 Å². The fraction of sp³-hybridized carbons (Fsp3) is 0.286. The predicted molar refractivity (Wildman–Crippen MR) is 37.1 cm³/mol. The maximum absolute atomic E-state index is 11.8. The second kappa shape index (κ2) is 3.34. The van der Waals surface area contributed by atoms with Crippen LogP contribution >= 0.6 is 0 Å². The molecular formula is C7H6F2N2O. The third kappa shape index (κ3) is 1.81. The van der Waals surface area contributed by atoms with Gasteiger partial charge in [-0.3, -0.25) is 4.79 Å². The number of ketones is 1. The van der Waals surface area contributed by atoms with Crippen molar-refractivity contribution in [1.29, 1.82) is 0 Å². The third-order valence-corrected chi connectivity index (χ3v) is 1.21. The standard InChI is InChI=1S/C7H6F2N2O/c1-4-2-3-10-7(11-4)5(12)6(8)9/h2-3,6H,1H3. The second-order valence-corrected chi connectivity index (χ2v) is 2.19. The summed E-state index contributed by atoms with van der Waals surface area (Å²) in [6, 6.07) is 1.53. The Kier molecular flexibility index (Phi) is 2.42. The maximum Gasteiger partial charge on any atom is 0.303 e. The van der Waals surface area contributed by atoms with Crippen LogP contribution < -0.4 is 0 Å². The highest BCUT2D eigenvalue weighted by Gasteiger charge is 2.20. The van der Waals surface area contributed by atoms with Crippen LogP contribution in [0.3, 0.4) is 0 Å². The molecule has 0 saturated carbocycles. The molecule has 1 aromatic rings. The summed E-state index contributed by atoms with van der Waals surface area (Å²) in [6.45, 7) is 1.60. The molecule has 0 radical (unpaired) electrons. The summed E-state index contributed by atoms with van der Waals surface area (Å²) in [6.07, 6.45) is -1.76. The van der Waals surface area contributed by atoms with E-state index < -0.39 is 18.0 Å². The van der Waals surface area contributed by atoms with Crippen molar-refractivity contribution in [2.45, 2.75) is 13.3 Å². The van der Waals surface area contributed by atoms with Gasteiger partial charge in [-0.25, -0.2) is 18.7 Å². The lowest BCUT2D eigenvalue weighted by Crippen LogP contribution is -2.14. The summed E-state index contributed by atoms with van der Waals surface area (Å²) in [4.78, 5) is 17.6. The Labute approximate surface area is 67.5 Å². The van der Waals surface area contributed by atoms with Crippen LogP contribution in [0.15, 0.2) is 12.3 Å². The van der Waals surface area contributed by atoms with Gasteiger partial charge in [-0.1, -0.05) is 0 Å². The van der Waals surface area contributed by atoms with Gasteiger partial charge in [-0.15, -0.1) is 0 Å². The zero-order chi connectivity index (χ0) is 9.14. The number of hydrogen-bond acceptors (Lipinski definition) is 3. The summed E-state index contributed by atoms with van der Waals surface area (Å²) in [7, 11) is 0. The van der Waals surface area contributed by atoms with Crippen molar-refractivity contribution >= 4 is 5.78 Å². The number of alkyl halides is 2. The molecule has 0 aliphatic rings. The van der Waals surface area contributed by atoms with Gasteiger partial charge in [0, 0.05) is 11.9 Å². The van der Waals surface area contributed by atoms with Crippen molar-refractivity contribution in [3.63, 3.8) is 0 Å². The third-order valence-electron chi connectivity index (χ3n) is 1.21. The van der Waals surface area contributed by atoms with E-state index in [1.165, 1.54) is 12.3 Å². The Morgan fingerprint density at radius 3 is 2.75 bits per heavy atom. The van der Waals surface area contributed by atoms with Crippen LogP contribution in [0.1, 0.15) is 16.3 Å². The Balaban J connectivity index is 2.96. The van der Waals surface area contributed by atoms with Crippen LogP contribution in [0.4, 0.5) is 8.78 Å². The number of rotatable bonds is 2. The molecule has 0 amide bonds. The molecule has 0 spiro atoms. The van der Waals surface area contributed by atoms with Crippen molar-refractivity contribution in [3.8, 4) is 0 Å². The van der Waals surface area contributed by atoms with Crippen LogP contribution in [0.5, 0.6) is 0 Å². The first-order chi connectivity index (χ1) is 5.61. The molecule has 1 rings (SSSR count). The van der Waals surface area contributed by atoms with Crippen LogP contribution in [0, 0.1) is 6.92 Å². The molecule has 0 bridgehead atoms. The first-order valence-electron chi connectivity index (χ1n) is 3.23. The number of carbonyl (C=O) groups is 1. The SMILES string of the molecule is Cc1ccnc(C(=O)C(F)F)n1. The molecule has 1 aromatic heterocycles. The van der Waals surface area contributed by atoms with E-state index >= 15 is 0 Å². The molecule has 1 heterocycles. The topological polar surface area (TPSA) is 42.9 Å². The van der Waals surface area contributed by atoms with Crippen LogP contribution in [-0.2, 0) is 0 Å². The summed E-state index contributed by atoms with van der Waals surface area (Å²) in [5.41, 5.74) is 0.494. The number of carbonyl (C=O) groups excluding carboxylic acids is 1. The highest BCUT2D eigenvalue weighted by Crippen LogP contribution is 2.02. The Morgan fingerprint density at radius 2 is 2.25 bits per heavy atom. The molecule has 0 N–H and O–H groups in total. The summed E-state index contributed by atoms with van der Waals surface area (Å²) < 4.78 is 23.6. The van der Waals surface area contributed by atoms with Gasteiger partial charge in [-0.05, 0) is 13.0 Å². The normalized spacial score (nSPS) is 10.3. The lowest BCUT2D eigenvalue weighted by atomic mass is 10.3. The van der Waals surface area contributed by atoms with E-state index in [4.69, 9.17) is 0 Å². The number of Topliss-reactive ketones (excluding diaryl/α,β-unsaturated/α-hetero) is 1. The minimum Gasteiger partial charge on any atom is -0.284 e. The number of hydrogen-bond donors (Lipinski definition) is 0. The molecule has 64 valence electrons. The lowest BCUT2D eigenvalue weighted by Gasteiger charge is -1.97. The lowest BCUT2D eigenvalue weighted by molar-refractivity contribution is 0.0667. The van der Waals surface area contributed by atoms with Crippen molar-refractivity contribution in [2.24, 2.45) is 0 Å². The minimum absolute atomic E-state index is 0.426. The number of halogens is 2. The van der Waals surface area contributed by atoms with Gasteiger partial charge >= 0.3 is 6.43 Å². The summed E-state index contributed by atoms with van der Waals surface area (Å²) in [5, 5.41) is 0. The van der Waals surface area contributed by atoms with Crippen molar-refractivity contribution in [1.82, 2.24) is 9.97 Å². The maximum atomic E-state index is 11.8. The van der Waals surface area contributed by atoms with Gasteiger partial charge < -0.3 is 0 Å². The molecule has 0 fully saturated rings. The van der Waals surface area contributed by atoms with Gasteiger partial charge in [-0.2, -0.15) is 0 Å². The Hall–Kier alpha value is -1.39. The second-order valence-electron chi connectivity index (χ2n) is 2.19. The largest absolute Gasteiger partial charge is 0.303 e. The average Bonchev–Trinajstić information content (AvgIpc) is 2.03. The van der Waals surface area contributed by atoms with Crippen LogP contribution in [-0.4, -0.2) is 22.2 Å². The fourth-order valence-electron chi connectivity index (χ4n) is 0.665. The molecule has 12 heavy (non-hydrogen) atoms. The molecular weight excluding hydrogens is 166 g/mol. The fourth-order valence-corrected chi connectivity index (χ4v) is 0.665. The zero-order valence-electron chi connectivity index (χ0n) is 6.29. The van der Waals surface area contributed by atoms with E-state index in [-0.39, 0.29) is 0 Å². The molecule has 0 atom stereocenters. The van der Waals surface area contributed by atoms with E-state index in [9.17, 15) is 13.6 Å². The first kappa shape index (κ1) is 8.70. The highest BCUT2D eigenvalue weighted by atomic mass is 19.3. The molecule has 3 nitrogen and oxygen atoms in total. The number of aryl methyl sites for hydroxylation is 1. The zero-order valence-corrected chi connectivity index (χ0v) is 6.29. The monoisotopic (exact) mass is 172 g/mol. The van der Waals surface area contributed by atoms with Gasteiger partial charge in [0.15, 0.2) is 0 Å². The van der Waals surface area contributed by atoms with E-state index in [1.54, 1.807) is 6.92 Å². The Morgan fingerprint density at radius 1 is 1.58 bits per heavy atom. The van der Waals surface area contributed by atoms with Gasteiger partial charge in [0.05, 0.1) is 0 Å². The van der Waals surface area contributed by atoms with Crippen LogP contribution in [0.25, 0.3) is 0 Å². The van der Waals surface area contributed by atoms with Crippen LogP contribution in [0.2, 0.25) is 0 Å². The van der Waals surface area contributed by atoms with E-state index in [0.29, 0.717) is 5.69 Å². The van der Waals surface area contributed by atoms with Gasteiger partial charge in [0.25, 0.3) is 5.78 Å². The summed E-state index contributed by atoms with van der Waals surface area (Å²) >= 11 is 0. The minimum atomic E-state index is -3.04. The molecule has 0 aromatic carbocycles. The molecule has 0 saturated heterocycles. The van der Waals surface area contributed by atoms with Crippen molar-refractivity contribution in [3.05, 3.63) is 23.8 Å². The van der Waals surface area contributed by atoms with E-state index in [0.717, 1.165) is 0 Å². The molecule has 0 aliphatic heterocycles. The number of nitrogens with zero attached hydrogens (tertiary/aromatic N) is 2. The average molecular weight is 172 g/mol. The van der Waals surface area contributed by atoms with Gasteiger partial charge in [0.2, 0.25) is 5.82 Å². The summed E-state index contributed by atoms with van der Waals surface area (Å²) in [5.74, 6) is -1.76. The smallest absolute Gasteiger partial charge is 0.284 e.